The third-order valence-corrected chi connectivity index (χ3v) is 5.88. The summed E-state index contributed by atoms with van der Waals surface area (Å²) in [6, 6.07) is 15.6. The van der Waals surface area contributed by atoms with Crippen molar-refractivity contribution in [3.63, 3.8) is 0 Å². The summed E-state index contributed by atoms with van der Waals surface area (Å²) in [6.45, 7) is 0. The monoisotopic (exact) mass is 414 g/mol. The van der Waals surface area contributed by atoms with Crippen LogP contribution in [0.25, 0.3) is 0 Å². The van der Waals surface area contributed by atoms with E-state index in [0.29, 0.717) is 16.3 Å². The smallest absolute Gasteiger partial charge is 0.320 e. The van der Waals surface area contributed by atoms with Gasteiger partial charge in [0.05, 0.1) is 10.9 Å². The van der Waals surface area contributed by atoms with Gasteiger partial charge in [0, 0.05) is 22.5 Å². The predicted molar refractivity (Wildman–Crippen MR) is 107 cm³/mol. The molecule has 2 heterocycles. The van der Waals surface area contributed by atoms with E-state index in [4.69, 9.17) is 11.6 Å². The van der Waals surface area contributed by atoms with Crippen LogP contribution < -0.4 is 15.4 Å². The Morgan fingerprint density at radius 1 is 1.04 bits per heavy atom. The Kier molecular flexibility index (Phi) is 4.66. The summed E-state index contributed by atoms with van der Waals surface area (Å²) in [5, 5.41) is 6.08. The van der Waals surface area contributed by atoms with Gasteiger partial charge < -0.3 is 10.6 Å². The quantitative estimate of drug-likeness (QED) is 0.605. The van der Waals surface area contributed by atoms with Gasteiger partial charge in [0.2, 0.25) is 0 Å². The van der Waals surface area contributed by atoms with Crippen LogP contribution in [0, 0.1) is 0 Å². The number of hydrogen-bond acceptors (Lipinski definition) is 4. The second-order valence-electron chi connectivity index (χ2n) is 6.15. The summed E-state index contributed by atoms with van der Waals surface area (Å²) >= 11 is 5.95. The number of hydrogen-bond donors (Lipinski definition) is 3. The Hall–Kier alpha value is -3.10. The summed E-state index contributed by atoms with van der Waals surface area (Å²) in [5.74, 6) is 0.223. The van der Waals surface area contributed by atoms with Crippen LogP contribution in [-0.2, 0) is 10.0 Å². The van der Waals surface area contributed by atoms with E-state index in [1.165, 1.54) is 18.3 Å². The van der Waals surface area contributed by atoms with Crippen molar-refractivity contribution in [2.24, 2.45) is 0 Å². The van der Waals surface area contributed by atoms with Crippen LogP contribution >= 0.6 is 11.6 Å². The number of nitrogens with zero attached hydrogens (tertiary/aromatic N) is 1. The van der Waals surface area contributed by atoms with Crippen molar-refractivity contribution < 1.29 is 13.2 Å². The second kappa shape index (κ2) is 7.14. The lowest BCUT2D eigenvalue weighted by Gasteiger charge is -2.28. The van der Waals surface area contributed by atoms with E-state index in [1.54, 1.807) is 48.5 Å². The predicted octanol–water partition coefficient (Wildman–Crippen LogP) is 3.76. The number of fused-ring (bicyclic) bond motifs is 1. The Morgan fingerprint density at radius 3 is 2.54 bits per heavy atom. The van der Waals surface area contributed by atoms with Gasteiger partial charge in [0.15, 0.2) is 0 Å². The number of amides is 2. The normalized spacial score (nSPS) is 15.9. The van der Waals surface area contributed by atoms with Gasteiger partial charge in [0.25, 0.3) is 10.0 Å². The first-order valence-corrected chi connectivity index (χ1v) is 10.2. The molecule has 1 atom stereocenters. The maximum atomic E-state index is 12.8. The van der Waals surface area contributed by atoms with Crippen molar-refractivity contribution >= 4 is 39.2 Å². The number of nitrogens with one attached hydrogen (secondary N) is 3. The molecule has 3 aromatic rings. The van der Waals surface area contributed by atoms with Crippen LogP contribution in [0.15, 0.2) is 71.8 Å². The molecule has 142 valence electrons. The molecule has 3 N–H and O–H groups in total. The fourth-order valence-corrected chi connectivity index (χ4v) is 4.13. The van der Waals surface area contributed by atoms with Crippen LogP contribution in [0.1, 0.15) is 17.2 Å². The Morgan fingerprint density at radius 2 is 1.82 bits per heavy atom. The molecule has 9 heteroatoms. The molecule has 7 nitrogen and oxygen atoms in total. The SMILES string of the molecule is O=C1Nc2ccc(S(=O)(=O)Nc3ccccn3)cc2C(c2ccc(Cl)cc2)N1. The highest BCUT2D eigenvalue weighted by Crippen LogP contribution is 2.34. The van der Waals surface area contributed by atoms with Gasteiger partial charge in [-0.2, -0.15) is 0 Å². The molecule has 1 unspecified atom stereocenters. The largest absolute Gasteiger partial charge is 0.327 e. The molecule has 0 saturated heterocycles. The number of carbonyl (C=O) groups excluding carboxylic acids is 1. The van der Waals surface area contributed by atoms with Crippen LogP contribution in [0.2, 0.25) is 5.02 Å². The second-order valence-corrected chi connectivity index (χ2v) is 8.27. The molecule has 28 heavy (non-hydrogen) atoms. The molecule has 2 aromatic carbocycles. The molecular formula is C19H15ClN4O3S. The summed E-state index contributed by atoms with van der Waals surface area (Å²) in [6.07, 6.45) is 1.50. The van der Waals surface area contributed by atoms with E-state index in [9.17, 15) is 13.2 Å². The molecule has 4 rings (SSSR count). The van der Waals surface area contributed by atoms with Gasteiger partial charge in [0.1, 0.15) is 5.82 Å². The number of urea groups is 1. The number of pyridine rings is 1. The van der Waals surface area contributed by atoms with E-state index >= 15 is 0 Å². The minimum Gasteiger partial charge on any atom is -0.327 e. The highest BCUT2D eigenvalue weighted by atomic mass is 35.5. The number of aromatic nitrogens is 1. The van der Waals surface area contributed by atoms with E-state index in [2.05, 4.69) is 20.3 Å². The number of rotatable bonds is 4. The van der Waals surface area contributed by atoms with Crippen LogP contribution in [0.4, 0.5) is 16.3 Å². The number of anilines is 2. The molecule has 1 aliphatic rings. The Balaban J connectivity index is 1.74. The topological polar surface area (TPSA) is 100 Å². The first-order valence-electron chi connectivity index (χ1n) is 8.33. The number of carbonyl (C=O) groups is 1. The van der Waals surface area contributed by atoms with Crippen molar-refractivity contribution in [1.82, 2.24) is 10.3 Å². The summed E-state index contributed by atoms with van der Waals surface area (Å²) in [5.41, 5.74) is 1.96. The molecule has 1 aromatic heterocycles. The van der Waals surface area contributed by atoms with Gasteiger partial charge in [-0.1, -0.05) is 29.8 Å². The first-order chi connectivity index (χ1) is 13.4. The fraction of sp³-hybridized carbons (Fsp3) is 0.0526. The van der Waals surface area contributed by atoms with Crippen molar-refractivity contribution in [3.05, 3.63) is 83.0 Å². The standard InChI is InChI=1S/C19H15ClN4O3S/c20-13-6-4-12(5-7-13)18-15-11-14(8-9-16(15)22-19(25)23-18)28(26,27)24-17-3-1-2-10-21-17/h1-11,18H,(H,21,24)(H2,22,23,25). The van der Waals surface area contributed by atoms with Crippen LogP contribution in [0.3, 0.4) is 0 Å². The average molecular weight is 415 g/mol. The van der Waals surface area contributed by atoms with E-state index in [1.807, 2.05) is 0 Å². The van der Waals surface area contributed by atoms with Gasteiger partial charge in [-0.15, -0.1) is 0 Å². The molecule has 0 bridgehead atoms. The molecule has 2 amide bonds. The first kappa shape index (κ1) is 18.3. The summed E-state index contributed by atoms with van der Waals surface area (Å²) < 4.78 is 28.0. The summed E-state index contributed by atoms with van der Waals surface area (Å²) in [7, 11) is -3.85. The molecule has 0 fully saturated rings. The maximum absolute atomic E-state index is 12.8. The number of benzene rings is 2. The lowest BCUT2D eigenvalue weighted by atomic mass is 9.96. The van der Waals surface area contributed by atoms with E-state index in [0.717, 1.165) is 5.56 Å². The highest BCUT2D eigenvalue weighted by Gasteiger charge is 2.27. The molecule has 0 saturated carbocycles. The van der Waals surface area contributed by atoms with Crippen molar-refractivity contribution in [1.29, 1.82) is 0 Å². The third-order valence-electron chi connectivity index (χ3n) is 4.28. The lowest BCUT2D eigenvalue weighted by Crippen LogP contribution is -2.38. The van der Waals surface area contributed by atoms with Crippen LogP contribution in [-0.4, -0.2) is 19.4 Å². The average Bonchev–Trinajstić information content (AvgIpc) is 2.68. The fourth-order valence-electron chi connectivity index (χ4n) is 2.97. The van der Waals surface area contributed by atoms with Crippen LogP contribution in [0.5, 0.6) is 0 Å². The number of halogens is 1. The lowest BCUT2D eigenvalue weighted by molar-refractivity contribution is 0.249. The Labute approximate surface area is 166 Å². The van der Waals surface area contributed by atoms with E-state index in [-0.39, 0.29) is 16.7 Å². The van der Waals surface area contributed by atoms with Gasteiger partial charge in [-0.05, 0) is 48.0 Å². The van der Waals surface area contributed by atoms with Crippen molar-refractivity contribution in [3.8, 4) is 0 Å². The zero-order valence-corrected chi connectivity index (χ0v) is 16.0. The molecule has 0 spiro atoms. The van der Waals surface area contributed by atoms with Crippen molar-refractivity contribution in [2.45, 2.75) is 10.9 Å². The molecule has 1 aliphatic heterocycles. The minimum absolute atomic E-state index is 0.0637. The number of sulfonamides is 1. The highest BCUT2D eigenvalue weighted by molar-refractivity contribution is 7.92. The minimum atomic E-state index is -3.85. The van der Waals surface area contributed by atoms with E-state index < -0.39 is 16.1 Å². The van der Waals surface area contributed by atoms with Gasteiger partial charge in [-0.3, -0.25) is 4.72 Å². The summed E-state index contributed by atoms with van der Waals surface area (Å²) in [4.78, 5) is 16.1. The third kappa shape index (κ3) is 3.64. The molecule has 0 aliphatic carbocycles. The zero-order chi connectivity index (χ0) is 19.7. The van der Waals surface area contributed by atoms with Gasteiger partial charge >= 0.3 is 6.03 Å². The maximum Gasteiger partial charge on any atom is 0.320 e. The zero-order valence-electron chi connectivity index (χ0n) is 14.4. The molecular weight excluding hydrogens is 400 g/mol. The molecule has 0 radical (unpaired) electrons. The van der Waals surface area contributed by atoms with Crippen molar-refractivity contribution in [2.75, 3.05) is 10.0 Å². The Bertz CT molecular complexity index is 1140. The van der Waals surface area contributed by atoms with Gasteiger partial charge in [-0.25, -0.2) is 18.2 Å².